The maximum Gasteiger partial charge on any atom is 0.243 e. The lowest BCUT2D eigenvalue weighted by Gasteiger charge is -2.24. The van der Waals surface area contributed by atoms with E-state index in [1.807, 2.05) is 42.1 Å². The van der Waals surface area contributed by atoms with Gasteiger partial charge in [-0.25, -0.2) is 0 Å². The first-order valence-corrected chi connectivity index (χ1v) is 11.1. The average molecular weight is 428 g/mol. The molecule has 2 aromatic rings. The Bertz CT molecular complexity index is 923. The second kappa shape index (κ2) is 10.9. The van der Waals surface area contributed by atoms with Crippen molar-refractivity contribution < 1.29 is 14.4 Å². The van der Waals surface area contributed by atoms with Crippen LogP contribution in [0.25, 0.3) is 10.9 Å². The van der Waals surface area contributed by atoms with Gasteiger partial charge in [-0.3, -0.25) is 14.4 Å². The second-order valence-electron chi connectivity index (χ2n) is 8.20. The Labute approximate surface area is 182 Å². The molecule has 1 saturated heterocycles. The molecule has 1 aromatic heterocycles. The number of benzene rings is 1. The number of amides is 3. The maximum atomic E-state index is 13.0. The van der Waals surface area contributed by atoms with Crippen LogP contribution in [0.15, 0.2) is 30.5 Å². The molecule has 0 saturated carbocycles. The zero-order valence-electron chi connectivity index (χ0n) is 18.2. The van der Waals surface area contributed by atoms with Crippen molar-refractivity contribution in [2.24, 2.45) is 12.8 Å². The summed E-state index contributed by atoms with van der Waals surface area (Å²) in [6, 6.07) is 6.62. The molecule has 0 unspecified atom stereocenters. The molecule has 8 heteroatoms. The molecule has 3 rings (SSSR count). The summed E-state index contributed by atoms with van der Waals surface area (Å²) in [6.45, 7) is 1.02. The largest absolute Gasteiger partial charge is 0.354 e. The van der Waals surface area contributed by atoms with E-state index in [-0.39, 0.29) is 17.7 Å². The van der Waals surface area contributed by atoms with Crippen LogP contribution in [0.1, 0.15) is 44.1 Å². The number of nitrogens with zero attached hydrogens (tertiary/aromatic N) is 1. The molecule has 0 spiro atoms. The Hall–Kier alpha value is -2.87. The number of aromatic nitrogens is 1. The van der Waals surface area contributed by atoms with Crippen molar-refractivity contribution in [3.8, 4) is 0 Å². The smallest absolute Gasteiger partial charge is 0.243 e. The summed E-state index contributed by atoms with van der Waals surface area (Å²) in [7, 11) is 1.97. The number of rotatable bonds is 6. The fraction of sp³-hybridized carbons (Fsp3) is 0.522. The first-order valence-electron chi connectivity index (χ1n) is 11.1. The minimum absolute atomic E-state index is 0.134. The van der Waals surface area contributed by atoms with E-state index in [2.05, 4.69) is 16.0 Å². The van der Waals surface area contributed by atoms with E-state index in [4.69, 9.17) is 5.73 Å². The van der Waals surface area contributed by atoms with Crippen molar-refractivity contribution in [2.45, 2.75) is 57.0 Å². The number of nitrogens with one attached hydrogen (secondary N) is 3. The molecule has 1 fully saturated rings. The van der Waals surface area contributed by atoms with Gasteiger partial charge in [0.2, 0.25) is 17.7 Å². The van der Waals surface area contributed by atoms with E-state index in [9.17, 15) is 14.4 Å². The van der Waals surface area contributed by atoms with Crippen LogP contribution in [0.4, 0.5) is 0 Å². The number of unbranched alkanes of at least 4 members (excludes halogenated alkanes) is 1. The van der Waals surface area contributed by atoms with Crippen molar-refractivity contribution in [2.75, 3.05) is 13.1 Å². The van der Waals surface area contributed by atoms with Gasteiger partial charge in [0.15, 0.2) is 0 Å². The predicted molar refractivity (Wildman–Crippen MR) is 120 cm³/mol. The lowest BCUT2D eigenvalue weighted by atomic mass is 10.0. The summed E-state index contributed by atoms with van der Waals surface area (Å²) in [5, 5.41) is 9.73. The summed E-state index contributed by atoms with van der Waals surface area (Å²) in [5.74, 6) is -0.661. The molecule has 1 aliphatic heterocycles. The Morgan fingerprint density at radius 2 is 1.84 bits per heavy atom. The number of hydrogen-bond acceptors (Lipinski definition) is 4. The van der Waals surface area contributed by atoms with Gasteiger partial charge in [0.1, 0.15) is 12.1 Å². The highest BCUT2D eigenvalue weighted by Crippen LogP contribution is 2.21. The lowest BCUT2D eigenvalue weighted by molar-refractivity contribution is -0.132. The zero-order valence-corrected chi connectivity index (χ0v) is 18.2. The van der Waals surface area contributed by atoms with Crippen molar-refractivity contribution in [3.05, 3.63) is 36.0 Å². The molecular weight excluding hydrogens is 394 g/mol. The van der Waals surface area contributed by atoms with Gasteiger partial charge in [0.25, 0.3) is 0 Å². The summed E-state index contributed by atoms with van der Waals surface area (Å²) >= 11 is 0. The minimum atomic E-state index is -0.716. The number of aryl methyl sites for hydroxylation is 1. The highest BCUT2D eigenvalue weighted by molar-refractivity contribution is 5.93. The van der Waals surface area contributed by atoms with Crippen LogP contribution >= 0.6 is 0 Å². The van der Waals surface area contributed by atoms with Crippen LogP contribution in [0, 0.1) is 0 Å². The molecular formula is C23H33N5O3. The van der Waals surface area contributed by atoms with Crippen LogP contribution in [0.3, 0.4) is 0 Å². The van der Waals surface area contributed by atoms with Crippen LogP contribution in [0.5, 0.6) is 0 Å². The van der Waals surface area contributed by atoms with E-state index in [1.165, 1.54) is 0 Å². The highest BCUT2D eigenvalue weighted by atomic mass is 16.2. The third kappa shape index (κ3) is 6.07. The topological polar surface area (TPSA) is 118 Å². The van der Waals surface area contributed by atoms with Gasteiger partial charge in [0, 0.05) is 43.5 Å². The monoisotopic (exact) mass is 427 g/mol. The molecule has 1 aliphatic rings. The normalized spacial score (nSPS) is 21.0. The Morgan fingerprint density at radius 3 is 2.65 bits per heavy atom. The number of para-hydroxylation sites is 1. The standard InChI is InChI=1S/C23H33N5O3/c1-28-15-16(17-8-2-3-10-20(17)28)14-19-22(30)25-13-7-5-11-21(29)26-18(23(31)27-19)9-4-6-12-24/h2-3,8,10,15,18-19H,4-7,9,11-14,24H2,1H3,(H,25,30)(H,26,29)(H,27,31)/t18-,19-/m0/s1. The van der Waals surface area contributed by atoms with Gasteiger partial charge >= 0.3 is 0 Å². The number of carbonyl (C=O) groups is 3. The number of nitrogens with two attached hydrogens (primary N) is 1. The third-order valence-electron chi connectivity index (χ3n) is 5.76. The third-order valence-corrected chi connectivity index (χ3v) is 5.76. The van der Waals surface area contributed by atoms with Gasteiger partial charge in [0.05, 0.1) is 0 Å². The molecule has 1 aromatic carbocycles. The van der Waals surface area contributed by atoms with Gasteiger partial charge in [-0.1, -0.05) is 18.2 Å². The molecule has 5 N–H and O–H groups in total. The molecule has 0 radical (unpaired) electrons. The summed E-state index contributed by atoms with van der Waals surface area (Å²) < 4.78 is 2.02. The quantitative estimate of drug-likeness (QED) is 0.517. The van der Waals surface area contributed by atoms with E-state index in [1.54, 1.807) is 0 Å². The minimum Gasteiger partial charge on any atom is -0.354 e. The van der Waals surface area contributed by atoms with Gasteiger partial charge in [-0.15, -0.1) is 0 Å². The number of hydrogen-bond donors (Lipinski definition) is 4. The van der Waals surface area contributed by atoms with Gasteiger partial charge in [-0.05, 0) is 50.3 Å². The molecule has 31 heavy (non-hydrogen) atoms. The molecule has 2 atom stereocenters. The number of fused-ring (bicyclic) bond motifs is 1. The molecule has 168 valence electrons. The second-order valence-corrected chi connectivity index (χ2v) is 8.20. The molecule has 0 bridgehead atoms. The Kier molecular flexibility index (Phi) is 8.06. The first-order chi connectivity index (χ1) is 15.0. The van der Waals surface area contributed by atoms with Crippen LogP contribution in [-0.4, -0.2) is 47.5 Å². The average Bonchev–Trinajstić information content (AvgIpc) is 3.07. The summed E-state index contributed by atoms with van der Waals surface area (Å²) in [6.07, 6.45) is 6.11. The fourth-order valence-corrected chi connectivity index (χ4v) is 4.06. The van der Waals surface area contributed by atoms with Gasteiger partial charge in [-0.2, -0.15) is 0 Å². The van der Waals surface area contributed by atoms with Crippen LogP contribution in [-0.2, 0) is 27.9 Å². The zero-order chi connectivity index (χ0) is 22.2. The SMILES string of the molecule is Cn1cc(C[C@@H]2NC(=O)[C@H](CCCCN)NC(=O)CCCCNC2=O)c2ccccc21. The van der Waals surface area contributed by atoms with Crippen molar-refractivity contribution in [1.29, 1.82) is 0 Å². The van der Waals surface area contributed by atoms with E-state index in [0.29, 0.717) is 45.2 Å². The first kappa shape index (κ1) is 22.8. The highest BCUT2D eigenvalue weighted by Gasteiger charge is 2.28. The van der Waals surface area contributed by atoms with E-state index >= 15 is 0 Å². The molecule has 8 nitrogen and oxygen atoms in total. The van der Waals surface area contributed by atoms with Crippen molar-refractivity contribution in [3.63, 3.8) is 0 Å². The molecule has 2 heterocycles. The maximum absolute atomic E-state index is 13.0. The Balaban J connectivity index is 1.82. The molecule has 3 amide bonds. The lowest BCUT2D eigenvalue weighted by Crippen LogP contribution is -2.54. The van der Waals surface area contributed by atoms with Crippen LogP contribution < -0.4 is 21.7 Å². The summed E-state index contributed by atoms with van der Waals surface area (Å²) in [4.78, 5) is 38.2. The van der Waals surface area contributed by atoms with E-state index in [0.717, 1.165) is 29.3 Å². The Morgan fingerprint density at radius 1 is 1.03 bits per heavy atom. The van der Waals surface area contributed by atoms with Crippen molar-refractivity contribution in [1.82, 2.24) is 20.5 Å². The van der Waals surface area contributed by atoms with Crippen molar-refractivity contribution >= 4 is 28.6 Å². The predicted octanol–water partition coefficient (Wildman–Crippen LogP) is 1.12. The van der Waals surface area contributed by atoms with E-state index < -0.39 is 12.1 Å². The molecule has 0 aliphatic carbocycles. The summed E-state index contributed by atoms with van der Waals surface area (Å²) in [5.41, 5.74) is 7.64. The fourth-order valence-electron chi connectivity index (χ4n) is 4.06. The van der Waals surface area contributed by atoms with Crippen LogP contribution in [0.2, 0.25) is 0 Å². The van der Waals surface area contributed by atoms with Gasteiger partial charge < -0.3 is 26.3 Å². The number of carbonyl (C=O) groups excluding carboxylic acids is 3.